The molecule has 0 aliphatic heterocycles. The van der Waals surface area contributed by atoms with Crippen LogP contribution in [-0.2, 0) is 14.3 Å². The molecule has 2 unspecified atom stereocenters. The van der Waals surface area contributed by atoms with Crippen molar-refractivity contribution in [3.8, 4) is 0 Å². The summed E-state index contributed by atoms with van der Waals surface area (Å²) < 4.78 is 5.85. The highest BCUT2D eigenvalue weighted by molar-refractivity contribution is 5.85. The number of esters is 1. The lowest BCUT2D eigenvalue weighted by atomic mass is 9.43. The van der Waals surface area contributed by atoms with Crippen LogP contribution < -0.4 is 0 Å². The molecule has 0 heterocycles. The van der Waals surface area contributed by atoms with Crippen molar-refractivity contribution in [3.63, 3.8) is 0 Å². The number of carboxylic acid groups (broad SMARTS) is 1. The number of carbonyl (C=O) groups excluding carboxylic acids is 1. The van der Waals surface area contributed by atoms with Crippen molar-refractivity contribution >= 4 is 11.9 Å². The number of carbonyl (C=O) groups is 2. The lowest BCUT2D eigenvalue weighted by Crippen LogP contribution is -2.55. The van der Waals surface area contributed by atoms with Gasteiger partial charge in [-0.3, -0.25) is 4.79 Å². The van der Waals surface area contributed by atoms with Crippen LogP contribution in [0, 0.1) is 39.4 Å². The molecule has 0 aromatic heterocycles. The third-order valence-electron chi connectivity index (χ3n) is 12.2. The minimum atomic E-state index is -0.802. The third kappa shape index (κ3) is 4.09. The van der Waals surface area contributed by atoms with E-state index in [4.69, 9.17) is 4.74 Å². The zero-order valence-electron chi connectivity index (χ0n) is 24.1. The molecule has 0 spiro atoms. The molecule has 1 N–H and O–H groups in total. The fourth-order valence-electron chi connectivity index (χ4n) is 9.88. The first kappa shape index (κ1) is 27.5. The van der Waals surface area contributed by atoms with Crippen molar-refractivity contribution in [1.82, 2.24) is 0 Å². The molecule has 2 saturated carbocycles. The van der Waals surface area contributed by atoms with Gasteiger partial charge in [0.15, 0.2) is 0 Å². The summed E-state index contributed by atoms with van der Waals surface area (Å²) in [4.78, 5) is 23.0. The Balaban J connectivity index is 1.59. The molecule has 4 rings (SSSR count). The second-order valence-electron chi connectivity index (χ2n) is 14.1. The van der Waals surface area contributed by atoms with Crippen molar-refractivity contribution in [2.45, 2.75) is 126 Å². The maximum absolute atomic E-state index is 11.8. The van der Waals surface area contributed by atoms with E-state index in [2.05, 4.69) is 41.5 Å². The number of aliphatic carboxylic acids is 1. The van der Waals surface area contributed by atoms with Gasteiger partial charge in [-0.2, -0.15) is 0 Å². The normalized spacial score (nSPS) is 40.7. The summed E-state index contributed by atoms with van der Waals surface area (Å²) in [6.07, 6.45) is 13.4. The van der Waals surface area contributed by atoms with Gasteiger partial charge in [-0.1, -0.05) is 58.8 Å². The van der Waals surface area contributed by atoms with Crippen LogP contribution in [0.3, 0.4) is 0 Å². The number of ether oxygens (including phenoxy) is 1. The molecule has 2 fully saturated rings. The summed E-state index contributed by atoms with van der Waals surface area (Å²) in [5.74, 6) is 0.894. The molecule has 0 saturated heterocycles. The van der Waals surface area contributed by atoms with Gasteiger partial charge in [0.25, 0.3) is 0 Å². The molecule has 0 amide bonds. The van der Waals surface area contributed by atoms with Crippen LogP contribution in [0.4, 0.5) is 0 Å². The van der Waals surface area contributed by atoms with Gasteiger partial charge in [-0.05, 0) is 105 Å². The second-order valence-corrected chi connectivity index (χ2v) is 14.1. The van der Waals surface area contributed by atoms with Crippen LogP contribution in [0.2, 0.25) is 0 Å². The van der Waals surface area contributed by atoms with Crippen molar-refractivity contribution < 1.29 is 19.4 Å². The molecule has 4 aliphatic rings. The average Bonchev–Trinajstić information content (AvgIpc) is 3.07. The van der Waals surface area contributed by atoms with E-state index in [1.165, 1.54) is 38.5 Å². The van der Waals surface area contributed by atoms with Crippen molar-refractivity contribution in [3.05, 3.63) is 22.8 Å². The van der Waals surface area contributed by atoms with E-state index in [1.807, 2.05) is 6.08 Å². The van der Waals surface area contributed by atoms with Crippen LogP contribution in [-0.4, -0.2) is 23.1 Å². The molecule has 0 aromatic rings. The summed E-state index contributed by atoms with van der Waals surface area (Å²) >= 11 is 0. The number of fused-ring (bicyclic) bond motifs is 4. The SMILES string of the molecule is CC(=O)O[C@H]1CC[C@]2(C)C3=C(CCC2C1(C)C)[C@@]1(C)CC[C@@H](C(C)CC/C=C(/C)C(=O)O)[C@]1(C)CC3. The maximum atomic E-state index is 11.8. The van der Waals surface area contributed by atoms with E-state index in [1.54, 1.807) is 25.0 Å². The summed E-state index contributed by atoms with van der Waals surface area (Å²) in [5.41, 5.74) is 4.79. The third-order valence-corrected chi connectivity index (χ3v) is 12.2. The van der Waals surface area contributed by atoms with Crippen molar-refractivity contribution in [2.24, 2.45) is 39.4 Å². The summed E-state index contributed by atoms with van der Waals surface area (Å²) in [5, 5.41) is 9.19. The Hall–Kier alpha value is -1.58. The van der Waals surface area contributed by atoms with Gasteiger partial charge in [0, 0.05) is 17.9 Å². The second kappa shape index (κ2) is 9.31. The Morgan fingerprint density at radius 3 is 2.33 bits per heavy atom. The molecule has 0 radical (unpaired) electrons. The fraction of sp³-hybridized carbons (Fsp3) is 0.812. The predicted molar refractivity (Wildman–Crippen MR) is 144 cm³/mol. The molecule has 36 heavy (non-hydrogen) atoms. The number of carboxylic acids is 1. The minimum absolute atomic E-state index is 0.00676. The molecule has 4 heteroatoms. The van der Waals surface area contributed by atoms with Crippen molar-refractivity contribution in [2.75, 3.05) is 0 Å². The van der Waals surface area contributed by atoms with Gasteiger partial charge in [0.05, 0.1) is 0 Å². The summed E-state index contributed by atoms with van der Waals surface area (Å²) in [6.45, 7) is 18.1. The maximum Gasteiger partial charge on any atom is 0.330 e. The highest BCUT2D eigenvalue weighted by atomic mass is 16.5. The lowest BCUT2D eigenvalue weighted by molar-refractivity contribution is -0.167. The Bertz CT molecular complexity index is 973. The number of hydrogen-bond donors (Lipinski definition) is 1. The average molecular weight is 499 g/mol. The van der Waals surface area contributed by atoms with Gasteiger partial charge in [0.2, 0.25) is 0 Å². The molecular weight excluding hydrogens is 448 g/mol. The zero-order chi connectivity index (χ0) is 26.7. The standard InChI is InChI=1S/C32H50O4/c1-20(10-9-11-21(2)28(34)35)23-14-18-32(8)25-12-13-26-29(4,5)27(36-22(3)33)16-17-30(26,6)24(25)15-19-31(23,32)7/h11,20,23,26-27H,9-10,12-19H2,1-8H3,(H,34,35)/b21-11-/t20?,23-,26?,27-,30+,31-,32+/m0/s1. The molecule has 202 valence electrons. The summed E-state index contributed by atoms with van der Waals surface area (Å²) in [7, 11) is 0. The Kier molecular flexibility index (Phi) is 7.10. The van der Waals surface area contributed by atoms with Gasteiger partial charge < -0.3 is 9.84 Å². The van der Waals surface area contributed by atoms with Crippen LogP contribution in [0.25, 0.3) is 0 Å². The number of allylic oxidation sites excluding steroid dienone is 3. The van der Waals surface area contributed by atoms with Gasteiger partial charge in [-0.15, -0.1) is 0 Å². The highest BCUT2D eigenvalue weighted by Crippen LogP contribution is 2.72. The topological polar surface area (TPSA) is 63.6 Å². The first-order valence-electron chi connectivity index (χ1n) is 14.5. The van der Waals surface area contributed by atoms with Crippen LogP contribution in [0.1, 0.15) is 120 Å². The quantitative estimate of drug-likeness (QED) is 0.228. The molecule has 4 nitrogen and oxygen atoms in total. The lowest BCUT2D eigenvalue weighted by Gasteiger charge is -2.62. The fourth-order valence-corrected chi connectivity index (χ4v) is 9.88. The highest BCUT2D eigenvalue weighted by Gasteiger charge is 2.63. The molecular formula is C32H50O4. The molecule has 0 aromatic carbocycles. The van der Waals surface area contributed by atoms with E-state index in [0.29, 0.717) is 28.7 Å². The minimum Gasteiger partial charge on any atom is -0.478 e. The number of hydrogen-bond acceptors (Lipinski definition) is 3. The molecule has 4 aliphatic carbocycles. The zero-order valence-corrected chi connectivity index (χ0v) is 24.1. The van der Waals surface area contributed by atoms with E-state index in [0.717, 1.165) is 25.7 Å². The van der Waals surface area contributed by atoms with Crippen molar-refractivity contribution in [1.29, 1.82) is 0 Å². The first-order valence-corrected chi connectivity index (χ1v) is 14.5. The van der Waals surface area contributed by atoms with E-state index in [-0.39, 0.29) is 28.3 Å². The molecule has 7 atom stereocenters. The first-order chi connectivity index (χ1) is 16.7. The van der Waals surface area contributed by atoms with Gasteiger partial charge in [-0.25, -0.2) is 4.79 Å². The molecule has 0 bridgehead atoms. The predicted octanol–water partition coefficient (Wildman–Crippen LogP) is 8.11. The van der Waals surface area contributed by atoms with Crippen LogP contribution in [0.5, 0.6) is 0 Å². The van der Waals surface area contributed by atoms with E-state index >= 15 is 0 Å². The Labute approximate surface area is 219 Å². The van der Waals surface area contributed by atoms with E-state index < -0.39 is 5.97 Å². The smallest absolute Gasteiger partial charge is 0.330 e. The Morgan fingerprint density at radius 2 is 1.69 bits per heavy atom. The monoisotopic (exact) mass is 498 g/mol. The largest absolute Gasteiger partial charge is 0.478 e. The van der Waals surface area contributed by atoms with Crippen LogP contribution in [0.15, 0.2) is 22.8 Å². The van der Waals surface area contributed by atoms with Gasteiger partial charge >= 0.3 is 11.9 Å². The number of rotatable bonds is 6. The van der Waals surface area contributed by atoms with E-state index in [9.17, 15) is 14.7 Å². The summed E-state index contributed by atoms with van der Waals surface area (Å²) in [6, 6.07) is 0. The van der Waals surface area contributed by atoms with Gasteiger partial charge in [0.1, 0.15) is 6.10 Å². The van der Waals surface area contributed by atoms with Crippen LogP contribution >= 0.6 is 0 Å². The Morgan fingerprint density at radius 1 is 1.00 bits per heavy atom.